The summed E-state index contributed by atoms with van der Waals surface area (Å²) in [5.74, 6) is -4.81. The van der Waals surface area contributed by atoms with Crippen molar-refractivity contribution in [1.82, 2.24) is 4.90 Å². The number of piperidine rings is 1. The molecule has 1 fully saturated rings. The molecule has 0 bridgehead atoms. The molecule has 126 valence electrons. The van der Waals surface area contributed by atoms with E-state index in [1.165, 1.54) is 7.11 Å². The lowest BCUT2D eigenvalue weighted by Gasteiger charge is -2.43. The summed E-state index contributed by atoms with van der Waals surface area (Å²) in [5.41, 5.74) is -0.0371. The standard InChI is InChI=1S/C19H27NO3/c1-12(2)7-14-11-20-6-5-13-8-18(22-3)19(23-4)9-15(13)16(20)10-17(14)21/h8-9,12,14,16H,5-7,10-11H2,1-4H3/i4D3,8D,9D,10D2,11D2,14D. The molecule has 23 heavy (non-hydrogen) atoms. The van der Waals surface area contributed by atoms with Gasteiger partial charge in [-0.25, -0.2) is 0 Å². The summed E-state index contributed by atoms with van der Waals surface area (Å²) in [6.45, 7) is 0.740. The van der Waals surface area contributed by atoms with Gasteiger partial charge in [-0.3, -0.25) is 9.69 Å². The number of hydrogen-bond donors (Lipinski definition) is 0. The van der Waals surface area contributed by atoms with E-state index in [4.69, 9.17) is 23.2 Å². The summed E-state index contributed by atoms with van der Waals surface area (Å²) in [4.78, 5) is 14.4. The fourth-order valence-corrected chi connectivity index (χ4v) is 2.93. The van der Waals surface area contributed by atoms with E-state index in [9.17, 15) is 4.79 Å². The van der Waals surface area contributed by atoms with Crippen molar-refractivity contribution >= 4 is 5.78 Å². The van der Waals surface area contributed by atoms with E-state index in [0.717, 1.165) is 4.90 Å². The Kier molecular flexibility index (Phi) is 2.27. The molecule has 0 amide bonds. The third kappa shape index (κ3) is 3.09. The third-order valence-corrected chi connectivity index (χ3v) is 3.97. The highest BCUT2D eigenvalue weighted by molar-refractivity contribution is 5.83. The minimum Gasteiger partial charge on any atom is -0.493 e. The lowest BCUT2D eigenvalue weighted by molar-refractivity contribution is -0.129. The highest BCUT2D eigenvalue weighted by Crippen LogP contribution is 2.42. The highest BCUT2D eigenvalue weighted by Gasteiger charge is 2.38. The molecule has 4 heteroatoms. The van der Waals surface area contributed by atoms with Gasteiger partial charge in [-0.1, -0.05) is 13.8 Å². The molecule has 1 aromatic carbocycles. The number of carbonyl (C=O) groups excluding carboxylic acids is 1. The second-order valence-electron chi connectivity index (χ2n) is 6.11. The van der Waals surface area contributed by atoms with Gasteiger partial charge in [0.2, 0.25) is 0 Å². The molecule has 2 unspecified atom stereocenters. The van der Waals surface area contributed by atoms with E-state index in [-0.39, 0.29) is 48.2 Å². The quantitative estimate of drug-likeness (QED) is 0.851. The molecule has 0 saturated carbocycles. The SMILES string of the molecule is [2H]c1c2c(c([2H])c(OC([2H])([2H])[2H])c1OC)C1N(CC2)C([2H])([2H])C([2H])(CC(C)C)C(=O)C1([2H])[2H]. The zero-order valence-corrected chi connectivity index (χ0v) is 13.4. The van der Waals surface area contributed by atoms with Crippen LogP contribution in [0.25, 0.3) is 0 Å². The van der Waals surface area contributed by atoms with Crippen molar-refractivity contribution in [1.29, 1.82) is 0 Å². The topological polar surface area (TPSA) is 38.8 Å². The molecule has 2 aliphatic rings. The molecule has 0 aromatic heterocycles. The van der Waals surface area contributed by atoms with Crippen molar-refractivity contribution in [3.63, 3.8) is 0 Å². The molecule has 2 aliphatic heterocycles. The maximum Gasteiger partial charge on any atom is 0.161 e. The Labute approximate surface area is 152 Å². The van der Waals surface area contributed by atoms with Crippen LogP contribution in [-0.4, -0.2) is 37.9 Å². The van der Waals surface area contributed by atoms with Crippen LogP contribution in [0.1, 0.15) is 57.5 Å². The molecule has 1 saturated heterocycles. The van der Waals surface area contributed by atoms with Crippen LogP contribution in [0.3, 0.4) is 0 Å². The Bertz CT molecular complexity index is 978. The first kappa shape index (κ1) is 8.02. The van der Waals surface area contributed by atoms with Crippen molar-refractivity contribution in [3.05, 3.63) is 23.2 Å². The van der Waals surface area contributed by atoms with Crippen LogP contribution in [0.2, 0.25) is 0 Å². The molecule has 2 atom stereocenters. The minimum absolute atomic E-state index is 0.0164. The average molecular weight is 327 g/mol. The van der Waals surface area contributed by atoms with Crippen molar-refractivity contribution in [2.75, 3.05) is 27.2 Å². The van der Waals surface area contributed by atoms with Crippen LogP contribution in [0.4, 0.5) is 0 Å². The second kappa shape index (κ2) is 6.52. The van der Waals surface area contributed by atoms with Crippen molar-refractivity contribution in [3.8, 4) is 11.5 Å². The van der Waals surface area contributed by atoms with E-state index in [0.29, 0.717) is 0 Å². The van der Waals surface area contributed by atoms with Crippen LogP contribution >= 0.6 is 0 Å². The zero-order chi connectivity index (χ0) is 25.3. The summed E-state index contributed by atoms with van der Waals surface area (Å²) in [6, 6.07) is -2.54. The Hall–Kier alpha value is -1.55. The van der Waals surface area contributed by atoms with Gasteiger partial charge in [0.25, 0.3) is 0 Å². The Balaban J connectivity index is 2.32. The van der Waals surface area contributed by atoms with Crippen LogP contribution in [0.15, 0.2) is 12.1 Å². The number of Topliss-reactive ketones (excluding diaryl/α,β-unsaturated/α-hetero) is 1. The van der Waals surface area contributed by atoms with E-state index >= 15 is 0 Å². The molecule has 2 heterocycles. The fraction of sp³-hybridized carbons (Fsp3) is 0.632. The normalized spacial score (nSPS) is 38.8. The highest BCUT2D eigenvalue weighted by atomic mass is 16.5. The van der Waals surface area contributed by atoms with E-state index in [1.807, 2.05) is 0 Å². The summed E-state index contributed by atoms with van der Waals surface area (Å²) in [6.07, 6.45) is -2.98. The second-order valence-corrected chi connectivity index (χ2v) is 6.11. The van der Waals surface area contributed by atoms with Crippen LogP contribution in [-0.2, 0) is 11.2 Å². The monoisotopic (exact) mass is 327 g/mol. The Morgan fingerprint density at radius 1 is 1.48 bits per heavy atom. The summed E-state index contributed by atoms with van der Waals surface area (Å²) >= 11 is 0. The molecule has 4 nitrogen and oxygen atoms in total. The number of hydrogen-bond acceptors (Lipinski definition) is 4. The number of methoxy groups -OCH3 is 2. The van der Waals surface area contributed by atoms with Gasteiger partial charge in [-0.15, -0.1) is 0 Å². The maximum absolute atomic E-state index is 13.3. The van der Waals surface area contributed by atoms with E-state index < -0.39 is 49.4 Å². The lowest BCUT2D eigenvalue weighted by Crippen LogP contribution is -2.46. The number of carbonyl (C=O) groups is 1. The van der Waals surface area contributed by atoms with Gasteiger partial charge >= 0.3 is 0 Å². The van der Waals surface area contributed by atoms with Crippen LogP contribution in [0.5, 0.6) is 11.5 Å². The number of rotatable bonds is 4. The van der Waals surface area contributed by atoms with Gasteiger partial charge in [-0.05, 0) is 42.0 Å². The summed E-state index contributed by atoms with van der Waals surface area (Å²) in [5, 5.41) is 0. The summed E-state index contributed by atoms with van der Waals surface area (Å²) < 4.78 is 92.9. The van der Waals surface area contributed by atoms with Gasteiger partial charge < -0.3 is 9.47 Å². The first-order valence-electron chi connectivity index (χ1n) is 12.6. The number of benzene rings is 1. The maximum atomic E-state index is 13.3. The van der Waals surface area contributed by atoms with E-state index in [1.54, 1.807) is 13.8 Å². The van der Waals surface area contributed by atoms with Gasteiger partial charge in [0.15, 0.2) is 11.5 Å². The van der Waals surface area contributed by atoms with Crippen molar-refractivity contribution < 1.29 is 28.0 Å². The predicted octanol–water partition coefficient (Wildman–Crippen LogP) is 3.24. The largest absolute Gasteiger partial charge is 0.493 e. The number of ether oxygens (including phenoxy) is 2. The number of nitrogens with zero attached hydrogens (tertiary/aromatic N) is 1. The van der Waals surface area contributed by atoms with Crippen LogP contribution < -0.4 is 9.47 Å². The number of ketones is 1. The Morgan fingerprint density at radius 2 is 2.26 bits per heavy atom. The average Bonchev–Trinajstić information content (AvgIpc) is 2.67. The van der Waals surface area contributed by atoms with E-state index in [2.05, 4.69) is 0 Å². The number of fused-ring (bicyclic) bond motifs is 3. The predicted molar refractivity (Wildman–Crippen MR) is 90.1 cm³/mol. The lowest BCUT2D eigenvalue weighted by atomic mass is 9.80. The first-order valence-corrected chi connectivity index (χ1v) is 7.62. The van der Waals surface area contributed by atoms with Crippen LogP contribution in [0, 0.1) is 11.8 Å². The third-order valence-electron chi connectivity index (χ3n) is 3.97. The van der Waals surface area contributed by atoms with Gasteiger partial charge in [0, 0.05) is 38.2 Å². The molecule has 1 aromatic rings. The van der Waals surface area contributed by atoms with Gasteiger partial charge in [0.05, 0.1) is 21.0 Å². The molecular formula is C19H27NO3. The minimum atomic E-state index is -3.00. The smallest absolute Gasteiger partial charge is 0.161 e. The Morgan fingerprint density at radius 3 is 2.96 bits per heavy atom. The van der Waals surface area contributed by atoms with Gasteiger partial charge in [-0.2, -0.15) is 0 Å². The van der Waals surface area contributed by atoms with Gasteiger partial charge in [0.1, 0.15) is 5.78 Å². The van der Waals surface area contributed by atoms with Crippen molar-refractivity contribution in [2.45, 2.75) is 39.1 Å². The molecule has 0 aliphatic carbocycles. The van der Waals surface area contributed by atoms with Crippen molar-refractivity contribution in [2.24, 2.45) is 11.8 Å². The zero-order valence-electron chi connectivity index (χ0n) is 23.4. The molecular weight excluding hydrogens is 290 g/mol. The molecule has 3 rings (SSSR count). The molecule has 0 radical (unpaired) electrons. The fourth-order valence-electron chi connectivity index (χ4n) is 2.93. The molecule has 0 spiro atoms. The summed E-state index contributed by atoms with van der Waals surface area (Å²) in [7, 11) is -1.81. The molecule has 0 N–H and O–H groups in total. The first-order chi connectivity index (χ1) is 14.9.